The second-order valence-corrected chi connectivity index (χ2v) is 11.4. The summed E-state index contributed by atoms with van der Waals surface area (Å²) in [6, 6.07) is 38.0. The third-order valence-corrected chi connectivity index (χ3v) is 9.08. The van der Waals surface area contributed by atoms with Gasteiger partial charge in [0.05, 0.1) is 45.8 Å². The monoisotopic (exact) mass is 570 g/mol. The van der Waals surface area contributed by atoms with Crippen LogP contribution in [0.2, 0.25) is 0 Å². The summed E-state index contributed by atoms with van der Waals surface area (Å²) in [5.41, 5.74) is 8.71. The molecule has 9 aromatic rings. The van der Waals surface area contributed by atoms with E-state index in [0.29, 0.717) is 0 Å². The number of hydrogen-bond acceptors (Lipinski definition) is 5. The van der Waals surface area contributed by atoms with Crippen molar-refractivity contribution in [2.45, 2.75) is 0 Å². The molecule has 0 aliphatic heterocycles. The predicted molar refractivity (Wildman–Crippen MR) is 175 cm³/mol. The van der Waals surface area contributed by atoms with E-state index in [2.05, 4.69) is 116 Å². The zero-order valence-electron chi connectivity index (χ0n) is 22.8. The van der Waals surface area contributed by atoms with Crippen LogP contribution in [0.5, 0.6) is 0 Å². The summed E-state index contributed by atoms with van der Waals surface area (Å²) >= 11 is 1.63. The molecule has 0 radical (unpaired) electrons. The maximum Gasteiger partial charge on any atom is 0.148 e. The quantitative estimate of drug-likeness (QED) is 0.212. The largest absolute Gasteiger partial charge is 0.308 e. The molecule has 0 fully saturated rings. The fourth-order valence-corrected chi connectivity index (χ4v) is 7.27. The van der Waals surface area contributed by atoms with Gasteiger partial charge >= 0.3 is 0 Å². The maximum absolute atomic E-state index is 4.78. The van der Waals surface area contributed by atoms with Gasteiger partial charge in [0.25, 0.3) is 0 Å². The normalized spacial score (nSPS) is 11.7. The van der Waals surface area contributed by atoms with Crippen LogP contribution < -0.4 is 0 Å². The number of fused-ring (bicyclic) bond motifs is 6. The van der Waals surface area contributed by atoms with E-state index in [9.17, 15) is 0 Å². The summed E-state index contributed by atoms with van der Waals surface area (Å²) < 4.78 is 4.55. The van der Waals surface area contributed by atoms with Crippen molar-refractivity contribution in [1.82, 2.24) is 29.3 Å². The SMILES string of the molecule is c1cncc(-n2c3ccccc3c3c(-c4nnc(-c5cccc6c5c5ccccc5n6-c5cccnc5)s4)cccc32)c1. The summed E-state index contributed by atoms with van der Waals surface area (Å²) in [5, 5.41) is 16.0. The molecule has 0 unspecified atom stereocenters. The Morgan fingerprint density at radius 2 is 0.907 bits per heavy atom. The maximum atomic E-state index is 4.78. The summed E-state index contributed by atoms with van der Waals surface area (Å²) in [4.78, 5) is 8.79. The Morgan fingerprint density at radius 3 is 1.37 bits per heavy atom. The Balaban J connectivity index is 1.27. The van der Waals surface area contributed by atoms with E-state index >= 15 is 0 Å². The van der Waals surface area contributed by atoms with Crippen molar-refractivity contribution >= 4 is 54.9 Å². The fourth-order valence-electron chi connectivity index (χ4n) is 6.36. The Bertz CT molecular complexity index is 2280. The third kappa shape index (κ3) is 3.58. The lowest BCUT2D eigenvalue weighted by Gasteiger charge is -2.07. The van der Waals surface area contributed by atoms with Crippen LogP contribution >= 0.6 is 11.3 Å². The first kappa shape index (κ1) is 24.0. The van der Waals surface area contributed by atoms with E-state index in [-0.39, 0.29) is 0 Å². The Morgan fingerprint density at radius 1 is 0.442 bits per heavy atom. The number of nitrogens with zero attached hydrogens (tertiary/aromatic N) is 6. The smallest absolute Gasteiger partial charge is 0.148 e. The van der Waals surface area contributed by atoms with Crippen molar-refractivity contribution in [2.24, 2.45) is 0 Å². The summed E-state index contributed by atoms with van der Waals surface area (Å²) in [7, 11) is 0. The van der Waals surface area contributed by atoms with Gasteiger partial charge in [-0.1, -0.05) is 72.0 Å². The number of pyridine rings is 2. The van der Waals surface area contributed by atoms with E-state index in [0.717, 1.165) is 65.4 Å². The van der Waals surface area contributed by atoms with Gasteiger partial charge in [-0.15, -0.1) is 10.2 Å². The molecule has 0 saturated heterocycles. The first-order valence-electron chi connectivity index (χ1n) is 14.1. The zero-order valence-corrected chi connectivity index (χ0v) is 23.6. The van der Waals surface area contributed by atoms with Gasteiger partial charge in [-0.3, -0.25) is 9.97 Å². The van der Waals surface area contributed by atoms with Gasteiger partial charge in [0, 0.05) is 45.1 Å². The minimum atomic E-state index is 0.891. The van der Waals surface area contributed by atoms with Crippen molar-refractivity contribution in [1.29, 1.82) is 0 Å². The Labute approximate surface area is 250 Å². The number of rotatable bonds is 4. The Kier molecular flexibility index (Phi) is 5.27. The standard InChI is InChI=1S/C36H22N6S/c1-3-15-29-25(11-1)33-27(13-5-17-31(33)41(29)23-9-7-19-37-21-23)35-39-40-36(43-35)28-14-6-18-32-34(28)26-12-2-4-16-30(26)42(32)24-10-8-20-38-22-24/h1-22H. The molecule has 0 aliphatic carbocycles. The lowest BCUT2D eigenvalue weighted by molar-refractivity contribution is 1.10. The lowest BCUT2D eigenvalue weighted by Crippen LogP contribution is -1.93. The molecule has 9 rings (SSSR count). The molecule has 0 saturated carbocycles. The highest BCUT2D eigenvalue weighted by molar-refractivity contribution is 7.18. The first-order chi connectivity index (χ1) is 21.4. The molecule has 4 aromatic carbocycles. The first-order valence-corrected chi connectivity index (χ1v) is 14.9. The van der Waals surface area contributed by atoms with Crippen LogP contribution in [0.25, 0.3) is 76.1 Å². The summed E-state index contributed by atoms with van der Waals surface area (Å²) in [5.74, 6) is 0. The van der Waals surface area contributed by atoms with Crippen molar-refractivity contribution in [3.05, 3.63) is 134 Å². The molecule has 0 atom stereocenters. The molecule has 5 aromatic heterocycles. The molecule has 43 heavy (non-hydrogen) atoms. The van der Waals surface area contributed by atoms with Gasteiger partial charge in [-0.25, -0.2) is 0 Å². The van der Waals surface area contributed by atoms with Crippen LogP contribution in [0.1, 0.15) is 0 Å². The second kappa shape index (κ2) is 9.44. The van der Waals surface area contributed by atoms with Crippen molar-refractivity contribution < 1.29 is 0 Å². The highest BCUT2D eigenvalue weighted by Crippen LogP contribution is 2.43. The summed E-state index contributed by atoms with van der Waals surface area (Å²) in [6.45, 7) is 0. The number of para-hydroxylation sites is 2. The second-order valence-electron chi connectivity index (χ2n) is 10.4. The average molecular weight is 571 g/mol. The molecule has 7 heteroatoms. The number of aromatic nitrogens is 6. The molecular formula is C36H22N6S. The van der Waals surface area contributed by atoms with Crippen molar-refractivity contribution in [2.75, 3.05) is 0 Å². The van der Waals surface area contributed by atoms with Gasteiger partial charge < -0.3 is 9.13 Å². The summed E-state index contributed by atoms with van der Waals surface area (Å²) in [6.07, 6.45) is 7.43. The minimum Gasteiger partial charge on any atom is -0.308 e. The van der Waals surface area contributed by atoms with E-state index in [1.807, 2.05) is 24.5 Å². The van der Waals surface area contributed by atoms with Gasteiger partial charge in [0.15, 0.2) is 0 Å². The van der Waals surface area contributed by atoms with E-state index in [4.69, 9.17) is 10.2 Å². The van der Waals surface area contributed by atoms with Crippen LogP contribution in [-0.2, 0) is 0 Å². The third-order valence-electron chi connectivity index (χ3n) is 8.09. The molecular weight excluding hydrogens is 549 g/mol. The zero-order chi connectivity index (χ0) is 28.3. The van der Waals surface area contributed by atoms with E-state index < -0.39 is 0 Å². The highest BCUT2D eigenvalue weighted by Gasteiger charge is 2.21. The van der Waals surface area contributed by atoms with Crippen LogP contribution in [-0.4, -0.2) is 29.3 Å². The fraction of sp³-hybridized carbons (Fsp3) is 0. The van der Waals surface area contributed by atoms with Gasteiger partial charge in [-0.2, -0.15) is 0 Å². The molecule has 6 nitrogen and oxygen atoms in total. The molecule has 0 N–H and O–H groups in total. The van der Waals surface area contributed by atoms with Crippen molar-refractivity contribution in [3.8, 4) is 32.5 Å². The van der Waals surface area contributed by atoms with Crippen molar-refractivity contribution in [3.63, 3.8) is 0 Å². The van der Waals surface area contributed by atoms with Gasteiger partial charge in [0.1, 0.15) is 10.0 Å². The van der Waals surface area contributed by atoms with Crippen LogP contribution in [0.15, 0.2) is 134 Å². The molecule has 202 valence electrons. The van der Waals surface area contributed by atoms with Crippen LogP contribution in [0.4, 0.5) is 0 Å². The number of hydrogen-bond donors (Lipinski definition) is 0. The Hall–Kier alpha value is -5.66. The molecule has 0 bridgehead atoms. The van der Waals surface area contributed by atoms with Crippen LogP contribution in [0, 0.1) is 0 Å². The predicted octanol–water partition coefficient (Wildman–Crippen LogP) is 8.86. The minimum absolute atomic E-state index is 0.891. The highest BCUT2D eigenvalue weighted by atomic mass is 32.1. The molecule has 0 aliphatic rings. The topological polar surface area (TPSA) is 61.4 Å². The van der Waals surface area contributed by atoms with Gasteiger partial charge in [-0.05, 0) is 48.5 Å². The van der Waals surface area contributed by atoms with E-state index in [1.165, 1.54) is 10.8 Å². The average Bonchev–Trinajstić information content (AvgIpc) is 3.78. The van der Waals surface area contributed by atoms with E-state index in [1.54, 1.807) is 23.7 Å². The lowest BCUT2D eigenvalue weighted by atomic mass is 10.1. The molecule has 5 heterocycles. The van der Waals surface area contributed by atoms with Gasteiger partial charge in [0.2, 0.25) is 0 Å². The molecule has 0 amide bonds. The number of benzene rings is 4. The molecule has 0 spiro atoms. The van der Waals surface area contributed by atoms with Crippen LogP contribution in [0.3, 0.4) is 0 Å².